The van der Waals surface area contributed by atoms with Gasteiger partial charge >= 0.3 is 12.1 Å². The van der Waals surface area contributed by atoms with Crippen LogP contribution in [0.5, 0.6) is 5.75 Å². The smallest absolute Gasteiger partial charge is 0.434 e. The highest BCUT2D eigenvalue weighted by Gasteiger charge is 2.34. The van der Waals surface area contributed by atoms with Gasteiger partial charge in [0, 0.05) is 11.8 Å². The van der Waals surface area contributed by atoms with Crippen molar-refractivity contribution in [2.24, 2.45) is 5.73 Å². The number of benzene rings is 1. The first-order valence-electron chi connectivity index (χ1n) is 6.38. The Morgan fingerprint density at radius 3 is 2.57 bits per heavy atom. The van der Waals surface area contributed by atoms with Crippen LogP contribution in [0.2, 0.25) is 0 Å². The molecule has 0 saturated heterocycles. The van der Waals surface area contributed by atoms with Crippen molar-refractivity contribution in [3.8, 4) is 16.3 Å². The lowest BCUT2D eigenvalue weighted by molar-refractivity contribution is -0.142. The minimum absolute atomic E-state index is 0.00859. The van der Waals surface area contributed by atoms with Gasteiger partial charge < -0.3 is 15.9 Å². The fourth-order valence-electron chi connectivity index (χ4n) is 1.89. The predicted octanol–water partition coefficient (Wildman–Crippen LogP) is 2.88. The molecule has 23 heavy (non-hydrogen) atoms. The Bertz CT molecular complexity index is 741. The number of phenols is 1. The van der Waals surface area contributed by atoms with Gasteiger partial charge in [-0.15, -0.1) is 11.3 Å². The van der Waals surface area contributed by atoms with Gasteiger partial charge in [0.25, 0.3) is 0 Å². The number of halogens is 3. The second-order valence-electron chi connectivity index (χ2n) is 5.29. The molecule has 1 aromatic carbocycles. The third-order valence-corrected chi connectivity index (χ3v) is 4.02. The van der Waals surface area contributed by atoms with Crippen LogP contribution in [-0.4, -0.2) is 26.7 Å². The number of carbonyl (C=O) groups is 1. The van der Waals surface area contributed by atoms with Gasteiger partial charge in [-0.3, -0.25) is 4.79 Å². The number of hydrogen-bond donors (Lipinski definition) is 3. The van der Waals surface area contributed by atoms with E-state index in [9.17, 15) is 23.1 Å². The Balaban J connectivity index is 2.38. The maximum Gasteiger partial charge on any atom is 0.434 e. The van der Waals surface area contributed by atoms with Gasteiger partial charge in [0.1, 0.15) is 16.3 Å². The zero-order chi connectivity index (χ0) is 17.4. The summed E-state index contributed by atoms with van der Waals surface area (Å²) in [5, 5.41) is 19.7. The van der Waals surface area contributed by atoms with Crippen LogP contribution >= 0.6 is 11.3 Å². The minimum Gasteiger partial charge on any atom is -0.507 e. The molecule has 0 spiro atoms. The first kappa shape index (κ1) is 17.2. The molecule has 124 valence electrons. The highest BCUT2D eigenvalue weighted by Crippen LogP contribution is 2.37. The summed E-state index contributed by atoms with van der Waals surface area (Å²) in [4.78, 5) is 14.5. The van der Waals surface area contributed by atoms with Crippen LogP contribution in [0, 0.1) is 0 Å². The molecule has 4 N–H and O–H groups in total. The van der Waals surface area contributed by atoms with E-state index in [-0.39, 0.29) is 22.7 Å². The number of aromatic nitrogens is 1. The summed E-state index contributed by atoms with van der Waals surface area (Å²) in [6, 6.07) is 4.13. The molecule has 0 aliphatic carbocycles. The average Bonchev–Trinajstić information content (AvgIpc) is 2.90. The molecular weight excluding hydrogens is 333 g/mol. The lowest BCUT2D eigenvalue weighted by Gasteiger charge is -2.19. The monoisotopic (exact) mass is 346 g/mol. The summed E-state index contributed by atoms with van der Waals surface area (Å²) >= 11 is 0.738. The van der Waals surface area contributed by atoms with Gasteiger partial charge in [-0.25, -0.2) is 4.98 Å². The first-order valence-corrected chi connectivity index (χ1v) is 7.26. The number of thiazole rings is 1. The third-order valence-electron chi connectivity index (χ3n) is 3.15. The van der Waals surface area contributed by atoms with E-state index in [0.29, 0.717) is 5.56 Å². The van der Waals surface area contributed by atoms with E-state index >= 15 is 0 Å². The van der Waals surface area contributed by atoms with Crippen molar-refractivity contribution in [2.75, 3.05) is 0 Å². The van der Waals surface area contributed by atoms with Crippen molar-refractivity contribution in [2.45, 2.75) is 25.1 Å². The molecule has 2 aromatic rings. The Morgan fingerprint density at radius 2 is 2.04 bits per heavy atom. The number of aliphatic carboxylic acids is 1. The summed E-state index contributed by atoms with van der Waals surface area (Å²) in [5.74, 6) is -1.45. The molecule has 5 nitrogen and oxygen atoms in total. The summed E-state index contributed by atoms with van der Waals surface area (Å²) in [7, 11) is 0. The van der Waals surface area contributed by atoms with Gasteiger partial charge in [-0.05, 0) is 24.6 Å². The van der Waals surface area contributed by atoms with E-state index < -0.39 is 23.4 Å². The number of carboxylic acids is 1. The van der Waals surface area contributed by atoms with Crippen LogP contribution in [-0.2, 0) is 17.4 Å². The standard InChI is InChI=1S/C14H13F3N2O3S/c1-13(18,12(21)22)5-7-2-3-9(20)8(4-7)11-19-10(6-23-11)14(15,16)17/h2-4,6,20H,5,18H2,1H3,(H,21,22)/t13-/m1/s1. The molecule has 2 rings (SSSR count). The van der Waals surface area contributed by atoms with Crippen molar-refractivity contribution in [3.63, 3.8) is 0 Å². The van der Waals surface area contributed by atoms with Crippen LogP contribution < -0.4 is 5.73 Å². The minimum atomic E-state index is -4.57. The van der Waals surface area contributed by atoms with Gasteiger partial charge in [0.15, 0.2) is 5.69 Å². The first-order chi connectivity index (χ1) is 10.5. The Kier molecular flexibility index (Phi) is 4.36. The van der Waals surface area contributed by atoms with Gasteiger partial charge in [-0.2, -0.15) is 13.2 Å². The van der Waals surface area contributed by atoms with E-state index in [1.165, 1.54) is 25.1 Å². The molecule has 9 heteroatoms. The maximum atomic E-state index is 12.6. The van der Waals surface area contributed by atoms with Crippen LogP contribution in [0.4, 0.5) is 13.2 Å². The number of nitrogens with two attached hydrogens (primary N) is 1. The molecule has 0 saturated carbocycles. The van der Waals surface area contributed by atoms with Gasteiger partial charge in [-0.1, -0.05) is 6.07 Å². The number of alkyl halides is 3. The number of nitrogens with zero attached hydrogens (tertiary/aromatic N) is 1. The molecule has 0 unspecified atom stereocenters. The normalized spacial score (nSPS) is 14.5. The predicted molar refractivity (Wildman–Crippen MR) is 78.1 cm³/mol. The van der Waals surface area contributed by atoms with E-state index in [4.69, 9.17) is 10.8 Å². The Morgan fingerprint density at radius 1 is 1.39 bits per heavy atom. The molecule has 1 aromatic heterocycles. The highest BCUT2D eigenvalue weighted by molar-refractivity contribution is 7.13. The van der Waals surface area contributed by atoms with Crippen molar-refractivity contribution >= 4 is 17.3 Å². The third kappa shape index (κ3) is 3.80. The zero-order valence-electron chi connectivity index (χ0n) is 11.9. The molecule has 0 aliphatic heterocycles. The fraction of sp³-hybridized carbons (Fsp3) is 0.286. The van der Waals surface area contributed by atoms with E-state index in [1.54, 1.807) is 0 Å². The molecule has 1 atom stereocenters. The topological polar surface area (TPSA) is 96.4 Å². The number of aromatic hydroxyl groups is 1. The van der Waals surface area contributed by atoms with Crippen molar-refractivity contribution in [1.82, 2.24) is 4.98 Å². The van der Waals surface area contributed by atoms with Gasteiger partial charge in [0.2, 0.25) is 0 Å². The fourth-order valence-corrected chi connectivity index (χ4v) is 2.74. The number of phenolic OH excluding ortho intramolecular Hbond substituents is 1. The van der Waals surface area contributed by atoms with Crippen LogP contribution in [0.25, 0.3) is 10.6 Å². The van der Waals surface area contributed by atoms with E-state index in [0.717, 1.165) is 16.7 Å². The number of rotatable bonds is 4. The summed E-state index contributed by atoms with van der Waals surface area (Å²) in [5.41, 5.74) is 3.65. The molecule has 0 amide bonds. The summed E-state index contributed by atoms with van der Waals surface area (Å²) < 4.78 is 37.8. The second kappa shape index (κ2) is 5.82. The van der Waals surface area contributed by atoms with Gasteiger partial charge in [0.05, 0.1) is 5.56 Å². The Labute approximate surface area is 133 Å². The van der Waals surface area contributed by atoms with Crippen molar-refractivity contribution < 1.29 is 28.2 Å². The lowest BCUT2D eigenvalue weighted by atomic mass is 9.93. The number of carboxylic acid groups (broad SMARTS) is 1. The Hall–Kier alpha value is -2.13. The lowest BCUT2D eigenvalue weighted by Crippen LogP contribution is -2.46. The summed E-state index contributed by atoms with van der Waals surface area (Å²) in [6.07, 6.45) is -4.62. The van der Waals surface area contributed by atoms with E-state index in [2.05, 4.69) is 4.98 Å². The molecule has 0 fully saturated rings. The van der Waals surface area contributed by atoms with Crippen molar-refractivity contribution in [1.29, 1.82) is 0 Å². The number of hydrogen-bond acceptors (Lipinski definition) is 5. The SMILES string of the molecule is C[C@@](N)(Cc1ccc(O)c(-c2nc(C(F)(F)F)cs2)c1)C(=O)O. The van der Waals surface area contributed by atoms with Crippen molar-refractivity contribution in [3.05, 3.63) is 34.8 Å². The second-order valence-corrected chi connectivity index (χ2v) is 6.14. The molecule has 0 radical (unpaired) electrons. The highest BCUT2D eigenvalue weighted by atomic mass is 32.1. The van der Waals surface area contributed by atoms with E-state index in [1.807, 2.05) is 0 Å². The quantitative estimate of drug-likeness (QED) is 0.791. The zero-order valence-corrected chi connectivity index (χ0v) is 12.7. The molecule has 1 heterocycles. The largest absolute Gasteiger partial charge is 0.507 e. The molecule has 0 aliphatic rings. The average molecular weight is 346 g/mol. The maximum absolute atomic E-state index is 12.6. The van der Waals surface area contributed by atoms with Crippen LogP contribution in [0.3, 0.4) is 0 Å². The summed E-state index contributed by atoms with van der Waals surface area (Å²) in [6.45, 7) is 1.33. The molecule has 0 bridgehead atoms. The van der Waals surface area contributed by atoms with Crippen LogP contribution in [0.1, 0.15) is 18.2 Å². The molecular formula is C14H13F3N2O3S. The van der Waals surface area contributed by atoms with Crippen LogP contribution in [0.15, 0.2) is 23.6 Å².